The van der Waals surface area contributed by atoms with Crippen LogP contribution in [0.25, 0.3) is 0 Å². The molecule has 0 aromatic rings. The normalized spacial score (nSPS) is 27.2. The van der Waals surface area contributed by atoms with Gasteiger partial charge in [0, 0.05) is 19.7 Å². The molecule has 0 radical (unpaired) electrons. The lowest BCUT2D eigenvalue weighted by Gasteiger charge is -2.16. The molecule has 0 bridgehead atoms. The van der Waals surface area contributed by atoms with Crippen LogP contribution < -0.4 is 5.32 Å². The maximum Gasteiger partial charge on any atom is 0.0700 e. The van der Waals surface area contributed by atoms with E-state index in [4.69, 9.17) is 9.47 Å². The van der Waals surface area contributed by atoms with Crippen molar-refractivity contribution < 1.29 is 9.47 Å². The van der Waals surface area contributed by atoms with Crippen LogP contribution in [0.2, 0.25) is 0 Å². The van der Waals surface area contributed by atoms with Crippen LogP contribution in [0.4, 0.5) is 0 Å². The largest absolute Gasteiger partial charge is 0.377 e. The highest BCUT2D eigenvalue weighted by Gasteiger charge is 2.15. The Morgan fingerprint density at radius 2 is 1.82 bits per heavy atom. The second kappa shape index (κ2) is 8.06. The second-order valence-electron chi connectivity index (χ2n) is 5.32. The highest BCUT2D eigenvalue weighted by Crippen LogP contribution is 2.19. The molecule has 2 fully saturated rings. The van der Waals surface area contributed by atoms with Crippen molar-refractivity contribution in [2.24, 2.45) is 0 Å². The molecule has 3 nitrogen and oxygen atoms in total. The Labute approximate surface area is 105 Å². The van der Waals surface area contributed by atoms with E-state index in [0.717, 1.165) is 26.3 Å². The van der Waals surface area contributed by atoms with Crippen LogP contribution in [-0.2, 0) is 9.47 Å². The van der Waals surface area contributed by atoms with E-state index in [2.05, 4.69) is 5.32 Å². The van der Waals surface area contributed by atoms with Crippen molar-refractivity contribution in [3.05, 3.63) is 0 Å². The van der Waals surface area contributed by atoms with Crippen LogP contribution in [-0.4, -0.2) is 38.5 Å². The predicted octanol–water partition coefficient (Wildman–Crippen LogP) is 2.49. The van der Waals surface area contributed by atoms with Gasteiger partial charge in [-0.2, -0.15) is 0 Å². The first-order valence-corrected chi connectivity index (χ1v) is 7.39. The molecule has 1 N–H and O–H groups in total. The summed E-state index contributed by atoms with van der Waals surface area (Å²) in [6.45, 7) is 3.77. The molecule has 1 aliphatic carbocycles. The van der Waals surface area contributed by atoms with E-state index in [0.29, 0.717) is 12.2 Å². The average Bonchev–Trinajstić information content (AvgIpc) is 2.72. The van der Waals surface area contributed by atoms with Gasteiger partial charge in [-0.3, -0.25) is 0 Å². The van der Waals surface area contributed by atoms with E-state index in [1.165, 1.54) is 51.4 Å². The van der Waals surface area contributed by atoms with E-state index in [1.807, 2.05) is 0 Å². The lowest BCUT2D eigenvalue weighted by atomic mass is 10.1. The summed E-state index contributed by atoms with van der Waals surface area (Å²) in [7, 11) is 0. The number of ether oxygens (including phenoxy) is 2. The van der Waals surface area contributed by atoms with Gasteiger partial charge in [-0.25, -0.2) is 0 Å². The summed E-state index contributed by atoms with van der Waals surface area (Å²) < 4.78 is 11.5. The summed E-state index contributed by atoms with van der Waals surface area (Å²) in [5.74, 6) is 0. The fourth-order valence-corrected chi connectivity index (χ4v) is 2.77. The lowest BCUT2D eigenvalue weighted by Crippen LogP contribution is -2.30. The first kappa shape index (κ1) is 13.3. The van der Waals surface area contributed by atoms with Crippen molar-refractivity contribution in [1.82, 2.24) is 5.32 Å². The molecule has 1 heterocycles. The third kappa shape index (κ3) is 5.36. The van der Waals surface area contributed by atoms with Crippen molar-refractivity contribution in [3.8, 4) is 0 Å². The van der Waals surface area contributed by atoms with Crippen molar-refractivity contribution in [1.29, 1.82) is 0 Å². The number of nitrogens with one attached hydrogen (secondary N) is 1. The molecule has 3 heteroatoms. The summed E-state index contributed by atoms with van der Waals surface area (Å²) in [5, 5.41) is 3.43. The molecule has 2 aliphatic rings. The van der Waals surface area contributed by atoms with Gasteiger partial charge in [0.05, 0.1) is 18.8 Å². The second-order valence-corrected chi connectivity index (χ2v) is 5.32. The van der Waals surface area contributed by atoms with Gasteiger partial charge >= 0.3 is 0 Å². The van der Waals surface area contributed by atoms with E-state index in [-0.39, 0.29) is 0 Å². The summed E-state index contributed by atoms with van der Waals surface area (Å²) in [4.78, 5) is 0. The monoisotopic (exact) mass is 241 g/mol. The zero-order valence-electron chi connectivity index (χ0n) is 11.0. The molecule has 1 saturated heterocycles. The molecule has 17 heavy (non-hydrogen) atoms. The maximum atomic E-state index is 5.92. The molecule has 1 unspecified atom stereocenters. The van der Waals surface area contributed by atoms with Crippen molar-refractivity contribution in [2.75, 3.05) is 26.3 Å². The zero-order chi connectivity index (χ0) is 11.8. The lowest BCUT2D eigenvalue weighted by molar-refractivity contribution is 0.0427. The van der Waals surface area contributed by atoms with Gasteiger partial charge < -0.3 is 14.8 Å². The van der Waals surface area contributed by atoms with Crippen molar-refractivity contribution in [2.45, 2.75) is 63.6 Å². The summed E-state index contributed by atoms with van der Waals surface area (Å²) in [6, 6.07) is 0. The quantitative estimate of drug-likeness (QED) is 0.572. The Morgan fingerprint density at radius 1 is 1.00 bits per heavy atom. The molecule has 0 aromatic heterocycles. The maximum absolute atomic E-state index is 5.92. The molecule has 0 aromatic carbocycles. The van der Waals surface area contributed by atoms with Crippen LogP contribution in [0.15, 0.2) is 0 Å². The minimum Gasteiger partial charge on any atom is -0.377 e. The highest BCUT2D eigenvalue weighted by atomic mass is 16.5. The average molecular weight is 241 g/mol. The molecule has 0 spiro atoms. The molecular formula is C14H27NO2. The van der Waals surface area contributed by atoms with Crippen LogP contribution in [0.1, 0.15) is 51.4 Å². The van der Waals surface area contributed by atoms with Gasteiger partial charge in [-0.05, 0) is 25.7 Å². The Hall–Kier alpha value is -0.120. The van der Waals surface area contributed by atoms with Gasteiger partial charge in [-0.15, -0.1) is 0 Å². The van der Waals surface area contributed by atoms with Crippen LogP contribution in [0.5, 0.6) is 0 Å². The Balaban J connectivity index is 1.44. The fraction of sp³-hybridized carbons (Fsp3) is 1.00. The van der Waals surface area contributed by atoms with Crippen molar-refractivity contribution in [3.63, 3.8) is 0 Å². The minimum atomic E-state index is 0.452. The standard InChI is InChI=1S/C14H27NO2/c1-2-4-7-13(6-3-1)17-11-9-15-12-14-8-5-10-16-14/h13-15H,1-12H2. The summed E-state index contributed by atoms with van der Waals surface area (Å²) >= 11 is 0. The van der Waals surface area contributed by atoms with E-state index >= 15 is 0 Å². The van der Waals surface area contributed by atoms with Gasteiger partial charge in [-0.1, -0.05) is 25.7 Å². The molecular weight excluding hydrogens is 214 g/mol. The number of hydrogen-bond donors (Lipinski definition) is 1. The van der Waals surface area contributed by atoms with Gasteiger partial charge in [0.1, 0.15) is 0 Å². The molecule has 100 valence electrons. The summed E-state index contributed by atoms with van der Waals surface area (Å²) in [6.07, 6.45) is 11.5. The van der Waals surface area contributed by atoms with E-state index in [9.17, 15) is 0 Å². The molecule has 2 rings (SSSR count). The Kier molecular flexibility index (Phi) is 6.32. The smallest absolute Gasteiger partial charge is 0.0700 e. The van der Waals surface area contributed by atoms with Gasteiger partial charge in [0.25, 0.3) is 0 Å². The zero-order valence-corrected chi connectivity index (χ0v) is 11.0. The van der Waals surface area contributed by atoms with Gasteiger partial charge in [0.15, 0.2) is 0 Å². The van der Waals surface area contributed by atoms with Gasteiger partial charge in [0.2, 0.25) is 0 Å². The Bertz CT molecular complexity index is 185. The fourth-order valence-electron chi connectivity index (χ4n) is 2.77. The third-order valence-corrected chi connectivity index (χ3v) is 3.83. The third-order valence-electron chi connectivity index (χ3n) is 3.83. The first-order valence-electron chi connectivity index (χ1n) is 7.39. The molecule has 0 amide bonds. The molecule has 1 atom stereocenters. The first-order chi connectivity index (χ1) is 8.45. The van der Waals surface area contributed by atoms with Crippen molar-refractivity contribution >= 4 is 0 Å². The minimum absolute atomic E-state index is 0.452. The predicted molar refractivity (Wildman–Crippen MR) is 69.3 cm³/mol. The van der Waals surface area contributed by atoms with E-state index < -0.39 is 0 Å². The molecule has 1 saturated carbocycles. The van der Waals surface area contributed by atoms with Crippen LogP contribution >= 0.6 is 0 Å². The SMILES string of the molecule is C1CCCC(OCCNCC2CCCO2)CC1. The number of rotatable bonds is 6. The Morgan fingerprint density at radius 3 is 2.53 bits per heavy atom. The molecule has 1 aliphatic heterocycles. The highest BCUT2D eigenvalue weighted by molar-refractivity contribution is 4.68. The van der Waals surface area contributed by atoms with Crippen LogP contribution in [0.3, 0.4) is 0 Å². The topological polar surface area (TPSA) is 30.5 Å². The summed E-state index contributed by atoms with van der Waals surface area (Å²) in [5.41, 5.74) is 0. The van der Waals surface area contributed by atoms with E-state index in [1.54, 1.807) is 0 Å². The number of hydrogen-bond acceptors (Lipinski definition) is 3. The van der Waals surface area contributed by atoms with Crippen LogP contribution in [0, 0.1) is 0 Å².